The summed E-state index contributed by atoms with van der Waals surface area (Å²) < 4.78 is 0. The molecule has 0 spiro atoms. The molecule has 3 aromatic heterocycles. The number of allylic oxidation sites excluding steroid dienone is 4. The number of rotatable bonds is 13. The van der Waals surface area contributed by atoms with Crippen molar-refractivity contribution in [1.29, 1.82) is 0 Å². The van der Waals surface area contributed by atoms with Gasteiger partial charge in [0.1, 0.15) is 0 Å². The van der Waals surface area contributed by atoms with Crippen LogP contribution >= 0.6 is 10.0 Å². The molecule has 0 saturated heterocycles. The van der Waals surface area contributed by atoms with Gasteiger partial charge in [-0.15, -0.1) is 10.0 Å². The van der Waals surface area contributed by atoms with Gasteiger partial charge in [0.25, 0.3) is 0 Å². The lowest BCUT2D eigenvalue weighted by Crippen LogP contribution is -2.06. The van der Waals surface area contributed by atoms with Gasteiger partial charge in [-0.25, -0.2) is 44.9 Å². The van der Waals surface area contributed by atoms with Gasteiger partial charge >= 0.3 is 0 Å². The minimum absolute atomic E-state index is 0.585. The smallest absolute Gasteiger partial charge is 0.164 e. The van der Waals surface area contributed by atoms with Gasteiger partial charge in [0, 0.05) is 69.7 Å². The summed E-state index contributed by atoms with van der Waals surface area (Å²) in [6.45, 7) is 0. The maximum Gasteiger partial charge on any atom is 0.164 e. The highest BCUT2D eigenvalue weighted by Gasteiger charge is 2.34. The largest absolute Gasteiger partial charge is 0.208 e. The third kappa shape index (κ3) is 9.96. The first-order chi connectivity index (χ1) is 39.1. The van der Waals surface area contributed by atoms with Gasteiger partial charge in [0.05, 0.1) is 0 Å². The van der Waals surface area contributed by atoms with Crippen LogP contribution in [0.5, 0.6) is 0 Å². The summed E-state index contributed by atoms with van der Waals surface area (Å²) in [4.78, 5) is 50.1. The van der Waals surface area contributed by atoms with Crippen LogP contribution in [0.1, 0.15) is 18.7 Å². The van der Waals surface area contributed by atoms with Gasteiger partial charge in [-0.2, -0.15) is 0 Å². The molecule has 79 heavy (non-hydrogen) atoms. The van der Waals surface area contributed by atoms with Gasteiger partial charge < -0.3 is 0 Å². The average Bonchev–Trinajstić information content (AvgIpc) is 3.73. The number of aromatic nitrogens is 9. The van der Waals surface area contributed by atoms with E-state index in [1.165, 1.54) is 0 Å². The fourth-order valence-electron chi connectivity index (χ4n) is 9.87. The number of hydrogen-bond donors (Lipinski definition) is 0. The minimum Gasteiger partial charge on any atom is -0.208 e. The average molecular weight is 1040 g/mol. The quantitative estimate of drug-likeness (QED) is 0.111. The zero-order chi connectivity index (χ0) is 52.8. The minimum atomic E-state index is -2.27. The van der Waals surface area contributed by atoms with E-state index in [4.69, 9.17) is 44.9 Å². The van der Waals surface area contributed by atoms with Crippen LogP contribution in [-0.2, 0) is 0 Å². The lowest BCUT2D eigenvalue weighted by atomic mass is 10.1. The van der Waals surface area contributed by atoms with Crippen LogP contribution in [0.15, 0.2) is 293 Å². The molecule has 12 aromatic rings. The van der Waals surface area contributed by atoms with Crippen LogP contribution in [0, 0.1) is 0 Å². The molecule has 9 aromatic carbocycles. The topological polar surface area (TPSA) is 116 Å². The van der Waals surface area contributed by atoms with E-state index in [0.717, 1.165) is 82.5 Å². The van der Waals surface area contributed by atoms with E-state index < -0.39 is 10.0 Å². The number of nitrogens with zero attached hydrogens (tertiary/aromatic N) is 9. The monoisotopic (exact) mass is 1040 g/mol. The highest BCUT2D eigenvalue weighted by Crippen LogP contribution is 2.73. The van der Waals surface area contributed by atoms with Crippen molar-refractivity contribution >= 4 is 15.6 Å². The van der Waals surface area contributed by atoms with Crippen molar-refractivity contribution in [3.05, 3.63) is 279 Å². The summed E-state index contributed by atoms with van der Waals surface area (Å²) in [5.74, 6) is 5.49. The molecule has 0 bridgehead atoms. The Balaban J connectivity index is 0.978. The summed E-state index contributed by atoms with van der Waals surface area (Å²) in [5.41, 5.74) is 8.20. The van der Waals surface area contributed by atoms with E-state index in [9.17, 15) is 0 Å². The second-order valence-corrected chi connectivity index (χ2v) is 22.0. The second-order valence-electron chi connectivity index (χ2n) is 18.9. The summed E-state index contributed by atoms with van der Waals surface area (Å²) in [6, 6.07) is 87.6. The lowest BCUT2D eigenvalue weighted by Gasteiger charge is -2.42. The summed E-state index contributed by atoms with van der Waals surface area (Å²) in [5, 5.41) is 0. The van der Waals surface area contributed by atoms with Gasteiger partial charge in [0.2, 0.25) is 0 Å². The molecule has 0 atom stereocenters. The first-order valence-corrected chi connectivity index (χ1v) is 27.9. The van der Waals surface area contributed by atoms with Crippen molar-refractivity contribution < 1.29 is 0 Å². The normalized spacial score (nSPS) is 12.4. The molecule has 0 fully saturated rings. The standard InChI is InChI=1S/C69H49N9S/c1-8-22-48(23-9-1)61-70-62(49-24-10-2-11-25-49)74-67(73-61)54-36-42-58(43-37-54)79(57-34-20-7-21-35-57,59-44-38-55(39-45-59)68-75-63(50-26-12-3-13-27-50)71-64(76-68)51-28-14-4-15-29-51)60-46-40-56(41-47-60)69-77-65(52-30-16-5-17-31-52)72-66(78-69)53-32-18-6-19-33-53/h1-5,7-18,20-47H,6,19H2. The predicted molar refractivity (Wildman–Crippen MR) is 316 cm³/mol. The molecule has 0 N–H and O–H groups in total. The van der Waals surface area contributed by atoms with Crippen LogP contribution in [-0.4, -0.2) is 44.9 Å². The summed E-state index contributed by atoms with van der Waals surface area (Å²) >= 11 is 0. The molecule has 13 rings (SSSR count). The SMILES string of the molecule is C1=CC(c2nc(-c3ccccc3)nc(-c3ccc(S(c4ccccc4)(c4ccc(-c5nc(-c6ccccc6)nc(-c6ccccc6)n5)cc4)c4ccc(-c5nc(-c6ccccc6)nc(-c6ccccc6)n5)cc4)cc3)n2)=CCC1. The Morgan fingerprint density at radius 1 is 0.215 bits per heavy atom. The number of hydrogen-bond acceptors (Lipinski definition) is 9. The van der Waals surface area contributed by atoms with Gasteiger partial charge in [-0.1, -0.05) is 224 Å². The number of benzene rings is 9. The maximum absolute atomic E-state index is 5.13. The molecule has 1 aliphatic rings. The third-order valence-corrected chi connectivity index (χ3v) is 17.7. The molecular formula is C69H49N9S. The Morgan fingerprint density at radius 3 is 0.696 bits per heavy atom. The summed E-state index contributed by atoms with van der Waals surface area (Å²) in [7, 11) is -2.27. The Morgan fingerprint density at radius 2 is 0.443 bits per heavy atom. The first kappa shape index (κ1) is 48.5. The van der Waals surface area contributed by atoms with Crippen molar-refractivity contribution in [2.75, 3.05) is 0 Å². The predicted octanol–water partition coefficient (Wildman–Crippen LogP) is 16.7. The van der Waals surface area contributed by atoms with E-state index in [1.807, 2.05) is 152 Å². The first-order valence-electron chi connectivity index (χ1n) is 26.2. The molecule has 0 unspecified atom stereocenters. The van der Waals surface area contributed by atoms with Gasteiger partial charge in [-0.3, -0.25) is 0 Å². The molecule has 0 amide bonds. The Hall–Kier alpha value is -10.2. The molecule has 0 saturated carbocycles. The van der Waals surface area contributed by atoms with Crippen LogP contribution in [0.25, 0.3) is 96.7 Å². The summed E-state index contributed by atoms with van der Waals surface area (Å²) in [6.07, 6.45) is 8.44. The zero-order valence-electron chi connectivity index (χ0n) is 42.8. The molecule has 3 heterocycles. The fourth-order valence-corrected chi connectivity index (χ4v) is 13.7. The second kappa shape index (κ2) is 21.8. The van der Waals surface area contributed by atoms with E-state index in [2.05, 4.69) is 121 Å². The molecular weight excluding hydrogens is 987 g/mol. The van der Waals surface area contributed by atoms with Crippen molar-refractivity contribution in [2.45, 2.75) is 32.4 Å². The van der Waals surface area contributed by atoms with Crippen molar-refractivity contribution in [2.24, 2.45) is 0 Å². The van der Waals surface area contributed by atoms with Crippen LogP contribution < -0.4 is 0 Å². The fraction of sp³-hybridized carbons (Fsp3) is 0.0290. The van der Waals surface area contributed by atoms with Gasteiger partial charge in [-0.05, 0) is 61.4 Å². The zero-order valence-corrected chi connectivity index (χ0v) is 43.6. The van der Waals surface area contributed by atoms with E-state index in [0.29, 0.717) is 52.4 Å². The lowest BCUT2D eigenvalue weighted by molar-refractivity contribution is 1.01. The molecule has 1 aliphatic carbocycles. The van der Waals surface area contributed by atoms with Crippen LogP contribution in [0.3, 0.4) is 0 Å². The van der Waals surface area contributed by atoms with E-state index in [-0.39, 0.29) is 0 Å². The molecule has 9 nitrogen and oxygen atoms in total. The molecule has 0 radical (unpaired) electrons. The van der Waals surface area contributed by atoms with E-state index >= 15 is 0 Å². The highest BCUT2D eigenvalue weighted by molar-refractivity contribution is 8.34. The Bertz CT molecular complexity index is 3840. The van der Waals surface area contributed by atoms with Crippen molar-refractivity contribution in [3.8, 4) is 91.1 Å². The molecule has 10 heteroatoms. The maximum atomic E-state index is 5.13. The third-order valence-electron chi connectivity index (χ3n) is 13.8. The molecule has 0 aliphatic heterocycles. The Kier molecular flexibility index (Phi) is 13.4. The van der Waals surface area contributed by atoms with Crippen LogP contribution in [0.4, 0.5) is 0 Å². The van der Waals surface area contributed by atoms with Crippen molar-refractivity contribution in [3.63, 3.8) is 0 Å². The van der Waals surface area contributed by atoms with Crippen LogP contribution in [0.2, 0.25) is 0 Å². The molecule has 376 valence electrons. The Labute approximate surface area is 460 Å². The van der Waals surface area contributed by atoms with E-state index in [1.54, 1.807) is 0 Å². The highest BCUT2D eigenvalue weighted by atomic mass is 32.3. The van der Waals surface area contributed by atoms with Crippen molar-refractivity contribution in [1.82, 2.24) is 44.9 Å². The van der Waals surface area contributed by atoms with Gasteiger partial charge in [0.15, 0.2) is 52.4 Å².